The summed E-state index contributed by atoms with van der Waals surface area (Å²) in [6, 6.07) is 7.71. The monoisotopic (exact) mass is 203 g/mol. The fraction of sp³-hybridized carbons (Fsp3) is 0.182. The first-order valence-electron chi connectivity index (χ1n) is 4.75. The predicted octanol–water partition coefficient (Wildman–Crippen LogP) is 2.18. The molecule has 0 saturated carbocycles. The van der Waals surface area contributed by atoms with Crippen molar-refractivity contribution in [3.05, 3.63) is 41.8 Å². The van der Waals surface area contributed by atoms with Crippen molar-refractivity contribution < 1.29 is 4.52 Å². The molecular weight excluding hydrogens is 190 g/mol. The van der Waals surface area contributed by atoms with Crippen molar-refractivity contribution in [1.82, 2.24) is 5.16 Å². The number of nitrogen functional groups attached to an aromatic ring is 1. The molecule has 1 aromatic heterocycles. The molecule has 0 amide bonds. The van der Waals surface area contributed by atoms with Gasteiger partial charge in [0.15, 0.2) is 0 Å². The first-order valence-corrected chi connectivity index (χ1v) is 4.75. The number of nitrogens with one attached hydrogen (secondary N) is 1. The Kier molecular flexibility index (Phi) is 2.58. The van der Waals surface area contributed by atoms with E-state index >= 15 is 0 Å². The summed E-state index contributed by atoms with van der Waals surface area (Å²) in [5.41, 5.74) is 9.53. The van der Waals surface area contributed by atoms with Crippen LogP contribution in [0.1, 0.15) is 11.3 Å². The SMILES string of the molecule is Cc1ccc(NCc2ccon2)cc1N. The van der Waals surface area contributed by atoms with Gasteiger partial charge in [-0.1, -0.05) is 11.2 Å². The summed E-state index contributed by atoms with van der Waals surface area (Å²) < 4.78 is 4.73. The maximum atomic E-state index is 5.80. The van der Waals surface area contributed by atoms with Gasteiger partial charge in [0.05, 0.1) is 6.54 Å². The number of rotatable bonds is 3. The summed E-state index contributed by atoms with van der Waals surface area (Å²) in [4.78, 5) is 0. The van der Waals surface area contributed by atoms with Gasteiger partial charge >= 0.3 is 0 Å². The van der Waals surface area contributed by atoms with Gasteiger partial charge < -0.3 is 15.6 Å². The number of nitrogens with zero attached hydrogens (tertiary/aromatic N) is 1. The maximum Gasteiger partial charge on any atom is 0.124 e. The Balaban J connectivity index is 2.02. The van der Waals surface area contributed by atoms with E-state index in [9.17, 15) is 0 Å². The van der Waals surface area contributed by atoms with E-state index in [4.69, 9.17) is 10.3 Å². The lowest BCUT2D eigenvalue weighted by molar-refractivity contribution is 0.412. The quantitative estimate of drug-likeness (QED) is 0.750. The number of benzene rings is 1. The number of nitrogens with two attached hydrogens (primary N) is 1. The summed E-state index contributed by atoms with van der Waals surface area (Å²) in [7, 11) is 0. The molecule has 0 aliphatic heterocycles. The minimum Gasteiger partial charge on any atom is -0.398 e. The Morgan fingerprint density at radius 1 is 1.40 bits per heavy atom. The van der Waals surface area contributed by atoms with E-state index < -0.39 is 0 Å². The van der Waals surface area contributed by atoms with Crippen LogP contribution in [0.3, 0.4) is 0 Å². The first-order chi connectivity index (χ1) is 7.25. The molecule has 1 aromatic carbocycles. The van der Waals surface area contributed by atoms with Crippen LogP contribution in [0, 0.1) is 6.92 Å². The average Bonchev–Trinajstić information content (AvgIpc) is 2.73. The second-order valence-corrected chi connectivity index (χ2v) is 3.42. The topological polar surface area (TPSA) is 64.1 Å². The highest BCUT2D eigenvalue weighted by Crippen LogP contribution is 2.17. The molecule has 0 aliphatic rings. The number of aromatic nitrogens is 1. The molecule has 0 unspecified atom stereocenters. The van der Waals surface area contributed by atoms with E-state index in [2.05, 4.69) is 10.5 Å². The zero-order valence-electron chi connectivity index (χ0n) is 8.53. The van der Waals surface area contributed by atoms with E-state index in [1.807, 2.05) is 31.2 Å². The van der Waals surface area contributed by atoms with Gasteiger partial charge in [-0.15, -0.1) is 0 Å². The fourth-order valence-electron chi connectivity index (χ4n) is 1.27. The number of anilines is 2. The lowest BCUT2D eigenvalue weighted by Crippen LogP contribution is -2.00. The van der Waals surface area contributed by atoms with Gasteiger partial charge in [0.25, 0.3) is 0 Å². The third-order valence-electron chi connectivity index (χ3n) is 2.24. The lowest BCUT2D eigenvalue weighted by Gasteiger charge is -2.06. The fourth-order valence-corrected chi connectivity index (χ4v) is 1.27. The zero-order valence-corrected chi connectivity index (χ0v) is 8.53. The van der Waals surface area contributed by atoms with Gasteiger partial charge in [0.2, 0.25) is 0 Å². The van der Waals surface area contributed by atoms with Crippen LogP contribution >= 0.6 is 0 Å². The molecule has 0 aliphatic carbocycles. The van der Waals surface area contributed by atoms with Crippen molar-refractivity contribution in [2.75, 3.05) is 11.1 Å². The van der Waals surface area contributed by atoms with Crippen LogP contribution in [0.15, 0.2) is 35.1 Å². The normalized spacial score (nSPS) is 10.2. The van der Waals surface area contributed by atoms with E-state index in [0.717, 1.165) is 22.6 Å². The van der Waals surface area contributed by atoms with E-state index in [-0.39, 0.29) is 0 Å². The molecule has 3 N–H and O–H groups in total. The molecule has 0 bridgehead atoms. The van der Waals surface area contributed by atoms with Crippen molar-refractivity contribution in [3.63, 3.8) is 0 Å². The Hall–Kier alpha value is -1.97. The molecule has 78 valence electrons. The number of hydrogen-bond acceptors (Lipinski definition) is 4. The second-order valence-electron chi connectivity index (χ2n) is 3.42. The smallest absolute Gasteiger partial charge is 0.124 e. The van der Waals surface area contributed by atoms with Crippen LogP contribution in [-0.2, 0) is 6.54 Å². The minimum atomic E-state index is 0.638. The van der Waals surface area contributed by atoms with E-state index in [1.165, 1.54) is 0 Å². The summed E-state index contributed by atoms with van der Waals surface area (Å²) >= 11 is 0. The Morgan fingerprint density at radius 2 is 2.27 bits per heavy atom. The molecule has 2 rings (SSSR count). The average molecular weight is 203 g/mol. The third-order valence-corrected chi connectivity index (χ3v) is 2.24. The predicted molar refractivity (Wildman–Crippen MR) is 59.4 cm³/mol. The third kappa shape index (κ3) is 2.28. The highest BCUT2D eigenvalue weighted by molar-refractivity contribution is 5.58. The van der Waals surface area contributed by atoms with Crippen LogP contribution in [0.2, 0.25) is 0 Å². The van der Waals surface area contributed by atoms with Gasteiger partial charge in [-0.2, -0.15) is 0 Å². The van der Waals surface area contributed by atoms with Gasteiger partial charge in [-0.25, -0.2) is 0 Å². The van der Waals surface area contributed by atoms with Crippen LogP contribution in [0.5, 0.6) is 0 Å². The Morgan fingerprint density at radius 3 is 2.93 bits per heavy atom. The Bertz CT molecular complexity index is 437. The van der Waals surface area contributed by atoms with Crippen LogP contribution < -0.4 is 11.1 Å². The molecule has 15 heavy (non-hydrogen) atoms. The molecule has 1 heterocycles. The van der Waals surface area contributed by atoms with Crippen LogP contribution in [0.25, 0.3) is 0 Å². The molecule has 4 heteroatoms. The molecule has 0 saturated heterocycles. The Labute approximate surface area is 88.1 Å². The van der Waals surface area contributed by atoms with Crippen molar-refractivity contribution in [2.24, 2.45) is 0 Å². The van der Waals surface area contributed by atoms with Crippen molar-refractivity contribution in [1.29, 1.82) is 0 Å². The lowest BCUT2D eigenvalue weighted by atomic mass is 10.2. The summed E-state index contributed by atoms with van der Waals surface area (Å²) in [5, 5.41) is 7.02. The van der Waals surface area contributed by atoms with Crippen molar-refractivity contribution in [2.45, 2.75) is 13.5 Å². The van der Waals surface area contributed by atoms with Crippen molar-refractivity contribution >= 4 is 11.4 Å². The summed E-state index contributed by atoms with van der Waals surface area (Å²) in [6.45, 7) is 2.62. The molecule has 0 spiro atoms. The summed E-state index contributed by atoms with van der Waals surface area (Å²) in [6.07, 6.45) is 1.56. The van der Waals surface area contributed by atoms with Crippen molar-refractivity contribution in [3.8, 4) is 0 Å². The molecule has 4 nitrogen and oxygen atoms in total. The molecule has 2 aromatic rings. The molecule has 0 radical (unpaired) electrons. The van der Waals surface area contributed by atoms with Crippen LogP contribution in [-0.4, -0.2) is 5.16 Å². The van der Waals surface area contributed by atoms with E-state index in [0.29, 0.717) is 6.54 Å². The largest absolute Gasteiger partial charge is 0.398 e. The highest BCUT2D eigenvalue weighted by Gasteiger charge is 1.98. The second kappa shape index (κ2) is 4.04. The van der Waals surface area contributed by atoms with Gasteiger partial charge in [-0.05, 0) is 24.6 Å². The first kappa shape index (κ1) is 9.58. The van der Waals surface area contributed by atoms with Gasteiger partial charge in [0.1, 0.15) is 12.0 Å². The highest BCUT2D eigenvalue weighted by atomic mass is 16.5. The molecular formula is C11H13N3O. The minimum absolute atomic E-state index is 0.638. The standard InChI is InChI=1S/C11H13N3O/c1-8-2-3-9(6-11(8)12)13-7-10-4-5-15-14-10/h2-6,13H,7,12H2,1H3. The van der Waals surface area contributed by atoms with Gasteiger partial charge in [0, 0.05) is 17.4 Å². The van der Waals surface area contributed by atoms with E-state index in [1.54, 1.807) is 6.26 Å². The summed E-state index contributed by atoms with van der Waals surface area (Å²) in [5.74, 6) is 0. The van der Waals surface area contributed by atoms with Gasteiger partial charge in [-0.3, -0.25) is 0 Å². The number of hydrogen-bond donors (Lipinski definition) is 2. The molecule has 0 atom stereocenters. The molecule has 0 fully saturated rings. The number of aryl methyl sites for hydroxylation is 1. The van der Waals surface area contributed by atoms with Crippen LogP contribution in [0.4, 0.5) is 11.4 Å². The maximum absolute atomic E-state index is 5.80. The zero-order chi connectivity index (χ0) is 10.7.